The Labute approximate surface area is 239 Å². The summed E-state index contributed by atoms with van der Waals surface area (Å²) >= 11 is 6.28. The normalized spacial score (nSPS) is 15.9. The predicted molar refractivity (Wildman–Crippen MR) is 136 cm³/mol. The first-order chi connectivity index (χ1) is 19.5. The number of carboxylic acids is 1. The summed E-state index contributed by atoms with van der Waals surface area (Å²) in [4.78, 5) is 28.1. The van der Waals surface area contributed by atoms with E-state index < -0.39 is 58.3 Å². The van der Waals surface area contributed by atoms with Crippen LogP contribution < -0.4 is 14.4 Å². The molecule has 0 saturated heterocycles. The minimum atomic E-state index is -5.24. The molecular weight excluding hydrogens is 598 g/mol. The van der Waals surface area contributed by atoms with E-state index in [1.54, 1.807) is 6.92 Å². The third-order valence-electron chi connectivity index (χ3n) is 6.79. The zero-order chi connectivity index (χ0) is 31.2. The molecule has 0 radical (unpaired) electrons. The van der Waals surface area contributed by atoms with Gasteiger partial charge in [0.1, 0.15) is 11.5 Å². The fraction of sp³-hybridized carbons (Fsp3) is 0.296. The number of aromatic carboxylic acids is 1. The monoisotopic (exact) mass is 618 g/mol. The van der Waals surface area contributed by atoms with Gasteiger partial charge in [-0.15, -0.1) is 0 Å². The number of pyridine rings is 1. The summed E-state index contributed by atoms with van der Waals surface area (Å²) in [6, 6.07) is 6.85. The van der Waals surface area contributed by atoms with Gasteiger partial charge in [0.05, 0.1) is 16.8 Å². The number of amides is 1. The number of carbonyl (C=O) groups excluding carboxylic acids is 1. The Morgan fingerprint density at radius 2 is 1.83 bits per heavy atom. The van der Waals surface area contributed by atoms with E-state index in [0.717, 1.165) is 37.3 Å². The number of halogens is 7. The Hall–Kier alpha value is -4.04. The standard InChI is InChI=1S/C27H21ClF6N2O6/c1-3-36-20-8-14(4-7-21(20)41-12-23(36)37)25(40,27(32,33)34)13(2)16-6-5-15(9-19(16)28)42-22-10-18(26(29,30)31)17(11-35-22)24(38)39/h4-11,13,40H,3,12H2,1-2H3,(H,38,39)/t13-,25-/m1/s1. The third-order valence-corrected chi connectivity index (χ3v) is 7.12. The van der Waals surface area contributed by atoms with E-state index in [0.29, 0.717) is 12.3 Å². The molecule has 224 valence electrons. The second kappa shape index (κ2) is 11.0. The molecule has 1 amide bonds. The highest BCUT2D eigenvalue weighted by atomic mass is 35.5. The van der Waals surface area contributed by atoms with Crippen LogP contribution in [0.15, 0.2) is 48.7 Å². The van der Waals surface area contributed by atoms with Gasteiger partial charge in [0, 0.05) is 29.7 Å². The van der Waals surface area contributed by atoms with Gasteiger partial charge in [-0.1, -0.05) is 30.7 Å². The number of ether oxygens (including phenoxy) is 2. The molecule has 1 aliphatic heterocycles. The molecule has 42 heavy (non-hydrogen) atoms. The quantitative estimate of drug-likeness (QED) is 0.289. The van der Waals surface area contributed by atoms with E-state index in [1.165, 1.54) is 11.0 Å². The number of rotatable bonds is 7. The molecule has 2 N–H and O–H groups in total. The van der Waals surface area contributed by atoms with Crippen LogP contribution in [0.25, 0.3) is 0 Å². The SMILES string of the molecule is CCN1C(=O)COc2ccc([C@](O)([C@H](C)c3ccc(Oc4cc(C(F)(F)F)c(C(=O)O)cn4)cc3Cl)C(F)(F)F)cc21. The van der Waals surface area contributed by atoms with Crippen molar-refractivity contribution in [3.8, 4) is 17.4 Å². The number of aromatic nitrogens is 1. The number of nitrogens with zero attached hydrogens (tertiary/aromatic N) is 2. The number of alkyl halides is 6. The van der Waals surface area contributed by atoms with Gasteiger partial charge in [-0.05, 0) is 42.3 Å². The average Bonchev–Trinajstić information content (AvgIpc) is 2.90. The lowest BCUT2D eigenvalue weighted by Crippen LogP contribution is -2.47. The molecule has 4 rings (SSSR count). The summed E-state index contributed by atoms with van der Waals surface area (Å²) in [6.07, 6.45) is -9.82. The molecule has 0 spiro atoms. The van der Waals surface area contributed by atoms with Gasteiger partial charge in [0.2, 0.25) is 5.88 Å². The number of hydrogen-bond acceptors (Lipinski definition) is 6. The maximum atomic E-state index is 14.6. The maximum Gasteiger partial charge on any atom is 0.422 e. The Morgan fingerprint density at radius 3 is 2.40 bits per heavy atom. The summed E-state index contributed by atoms with van der Waals surface area (Å²) in [5.74, 6) is -4.78. The maximum absolute atomic E-state index is 14.6. The highest BCUT2D eigenvalue weighted by molar-refractivity contribution is 6.31. The van der Waals surface area contributed by atoms with Gasteiger partial charge in [-0.3, -0.25) is 4.79 Å². The number of anilines is 1. The number of benzene rings is 2. The molecule has 1 aromatic heterocycles. The van der Waals surface area contributed by atoms with Crippen molar-refractivity contribution in [1.82, 2.24) is 4.98 Å². The van der Waals surface area contributed by atoms with Crippen molar-refractivity contribution in [1.29, 1.82) is 0 Å². The summed E-state index contributed by atoms with van der Waals surface area (Å²) < 4.78 is 94.3. The van der Waals surface area contributed by atoms with E-state index in [4.69, 9.17) is 26.2 Å². The highest BCUT2D eigenvalue weighted by Crippen LogP contribution is 2.51. The number of hydrogen-bond donors (Lipinski definition) is 2. The van der Waals surface area contributed by atoms with E-state index in [2.05, 4.69) is 4.98 Å². The molecule has 8 nitrogen and oxygen atoms in total. The minimum Gasteiger partial charge on any atom is -0.482 e. The second-order valence-corrected chi connectivity index (χ2v) is 9.66. The first-order valence-electron chi connectivity index (χ1n) is 12.1. The third kappa shape index (κ3) is 5.55. The Morgan fingerprint density at radius 1 is 1.14 bits per heavy atom. The van der Waals surface area contributed by atoms with Crippen LogP contribution in [-0.4, -0.2) is 46.4 Å². The van der Waals surface area contributed by atoms with Crippen LogP contribution in [0.3, 0.4) is 0 Å². The number of carbonyl (C=O) groups is 2. The second-order valence-electron chi connectivity index (χ2n) is 9.25. The van der Waals surface area contributed by atoms with Gasteiger partial charge >= 0.3 is 18.3 Å². The van der Waals surface area contributed by atoms with Crippen molar-refractivity contribution in [3.63, 3.8) is 0 Å². The number of likely N-dealkylation sites (N-methyl/N-ethyl adjacent to an activating group) is 1. The molecule has 15 heteroatoms. The summed E-state index contributed by atoms with van der Waals surface area (Å²) in [7, 11) is 0. The average molecular weight is 619 g/mol. The van der Waals surface area contributed by atoms with Gasteiger partial charge in [0.15, 0.2) is 12.2 Å². The molecule has 0 bridgehead atoms. The summed E-state index contributed by atoms with van der Waals surface area (Å²) in [5.41, 5.74) is -6.86. The fourth-order valence-corrected chi connectivity index (χ4v) is 4.94. The van der Waals surface area contributed by atoms with E-state index in [-0.39, 0.29) is 40.9 Å². The lowest BCUT2D eigenvalue weighted by atomic mass is 9.77. The Bertz CT molecular complexity index is 1550. The molecule has 0 aliphatic carbocycles. The van der Waals surface area contributed by atoms with Crippen LogP contribution >= 0.6 is 11.6 Å². The topological polar surface area (TPSA) is 109 Å². The van der Waals surface area contributed by atoms with Crippen molar-refractivity contribution in [2.45, 2.75) is 37.7 Å². The van der Waals surface area contributed by atoms with Crippen molar-refractivity contribution < 1.29 is 55.6 Å². The van der Waals surface area contributed by atoms with Gasteiger partial charge < -0.3 is 24.6 Å². The van der Waals surface area contributed by atoms with Crippen LogP contribution in [-0.2, 0) is 16.6 Å². The van der Waals surface area contributed by atoms with Crippen LogP contribution in [0, 0.1) is 0 Å². The van der Waals surface area contributed by atoms with Crippen molar-refractivity contribution in [3.05, 3.63) is 75.9 Å². The number of aliphatic hydroxyl groups is 1. The zero-order valence-corrected chi connectivity index (χ0v) is 22.4. The van der Waals surface area contributed by atoms with E-state index in [9.17, 15) is 41.0 Å². The predicted octanol–water partition coefficient (Wildman–Crippen LogP) is 6.54. The molecule has 0 unspecified atom stereocenters. The molecule has 2 atom stereocenters. The summed E-state index contributed by atoms with van der Waals surface area (Å²) in [6.45, 7) is 2.56. The van der Waals surface area contributed by atoms with Crippen LogP contribution in [0.4, 0.5) is 32.0 Å². The molecule has 3 aromatic rings. The molecule has 2 aromatic carbocycles. The van der Waals surface area contributed by atoms with Crippen molar-refractivity contribution in [2.75, 3.05) is 18.1 Å². The van der Waals surface area contributed by atoms with Crippen LogP contribution in [0.1, 0.15) is 46.8 Å². The number of fused-ring (bicyclic) bond motifs is 1. The zero-order valence-electron chi connectivity index (χ0n) is 21.7. The molecular formula is C27H21ClF6N2O6. The van der Waals surface area contributed by atoms with Gasteiger partial charge in [0.25, 0.3) is 5.91 Å². The number of carboxylic acid groups (broad SMARTS) is 1. The smallest absolute Gasteiger partial charge is 0.422 e. The summed E-state index contributed by atoms with van der Waals surface area (Å²) in [5, 5.41) is 19.9. The largest absolute Gasteiger partial charge is 0.482 e. The van der Waals surface area contributed by atoms with Gasteiger partial charge in [-0.2, -0.15) is 26.3 Å². The van der Waals surface area contributed by atoms with Crippen LogP contribution in [0.5, 0.6) is 17.4 Å². The Balaban J connectivity index is 1.70. The van der Waals surface area contributed by atoms with Crippen molar-refractivity contribution >= 4 is 29.2 Å². The van der Waals surface area contributed by atoms with E-state index in [1.807, 2.05) is 0 Å². The lowest BCUT2D eigenvalue weighted by molar-refractivity contribution is -0.274. The van der Waals surface area contributed by atoms with Crippen molar-refractivity contribution in [2.24, 2.45) is 0 Å². The van der Waals surface area contributed by atoms with Crippen LogP contribution in [0.2, 0.25) is 5.02 Å². The molecule has 2 heterocycles. The Kier molecular flexibility index (Phi) is 8.08. The first-order valence-corrected chi connectivity index (χ1v) is 12.5. The first kappa shape index (κ1) is 30.9. The fourth-order valence-electron chi connectivity index (χ4n) is 4.61. The van der Waals surface area contributed by atoms with Gasteiger partial charge in [-0.25, -0.2) is 9.78 Å². The molecule has 0 fully saturated rings. The van der Waals surface area contributed by atoms with E-state index >= 15 is 0 Å². The molecule has 1 aliphatic rings. The molecule has 0 saturated carbocycles. The minimum absolute atomic E-state index is 0.0515. The highest BCUT2D eigenvalue weighted by Gasteiger charge is 2.59. The lowest BCUT2D eigenvalue weighted by Gasteiger charge is -2.38.